The smallest absolute Gasteiger partial charge is 0.229 e. The highest BCUT2D eigenvalue weighted by Crippen LogP contribution is 2.14. The van der Waals surface area contributed by atoms with Gasteiger partial charge in [0.05, 0.1) is 0 Å². The Morgan fingerprint density at radius 3 is 2.53 bits per heavy atom. The Morgan fingerprint density at radius 2 is 1.89 bits per heavy atom. The molecule has 2 heterocycles. The number of piperazine rings is 1. The van der Waals surface area contributed by atoms with Crippen LogP contribution < -0.4 is 5.32 Å². The van der Waals surface area contributed by atoms with Crippen LogP contribution in [0.5, 0.6) is 0 Å². The molecule has 0 aromatic rings. The molecule has 0 aromatic heterocycles. The summed E-state index contributed by atoms with van der Waals surface area (Å²) in [5, 5.41) is 3.32. The van der Waals surface area contributed by atoms with Gasteiger partial charge in [-0.3, -0.25) is 19.3 Å². The number of nitrogens with one attached hydrogen (secondary N) is 1. The van der Waals surface area contributed by atoms with Gasteiger partial charge in [-0.15, -0.1) is 0 Å². The second-order valence-electron chi connectivity index (χ2n) is 5.26. The van der Waals surface area contributed by atoms with Crippen molar-refractivity contribution in [1.29, 1.82) is 0 Å². The van der Waals surface area contributed by atoms with Crippen molar-refractivity contribution in [2.24, 2.45) is 0 Å². The Bertz CT molecular complexity index is 381. The molecular weight excluding hydrogens is 246 g/mol. The Hall–Kier alpha value is -1.43. The third-order valence-corrected chi connectivity index (χ3v) is 4.06. The number of imide groups is 1. The first kappa shape index (κ1) is 14.0. The summed E-state index contributed by atoms with van der Waals surface area (Å²) in [6.45, 7) is 5.77. The minimum Gasteiger partial charge on any atom is -0.337 e. The van der Waals surface area contributed by atoms with Gasteiger partial charge in [-0.1, -0.05) is 0 Å². The topological polar surface area (TPSA) is 69.7 Å². The summed E-state index contributed by atoms with van der Waals surface area (Å²) in [4.78, 5) is 38.1. The van der Waals surface area contributed by atoms with Crippen LogP contribution in [0.25, 0.3) is 0 Å². The van der Waals surface area contributed by atoms with Gasteiger partial charge in [0.1, 0.15) is 0 Å². The zero-order valence-corrected chi connectivity index (χ0v) is 11.5. The first-order valence-electron chi connectivity index (χ1n) is 6.86. The van der Waals surface area contributed by atoms with E-state index in [0.717, 1.165) is 6.54 Å². The van der Waals surface area contributed by atoms with E-state index in [9.17, 15) is 14.4 Å². The second kappa shape index (κ2) is 5.69. The standard InChI is InChI=1S/C13H21N3O3/c1-9-10(2)15(8-6-14-9)13(19)5-7-16-11(17)3-4-12(16)18/h9-10,14H,3-8H2,1-2H3. The van der Waals surface area contributed by atoms with Crippen molar-refractivity contribution in [2.45, 2.75) is 45.2 Å². The molecule has 0 bridgehead atoms. The quantitative estimate of drug-likeness (QED) is 0.715. The van der Waals surface area contributed by atoms with E-state index in [0.29, 0.717) is 6.54 Å². The molecule has 0 spiro atoms. The zero-order chi connectivity index (χ0) is 14.0. The van der Waals surface area contributed by atoms with Crippen molar-refractivity contribution < 1.29 is 14.4 Å². The van der Waals surface area contributed by atoms with Crippen LogP contribution in [0.1, 0.15) is 33.1 Å². The van der Waals surface area contributed by atoms with Gasteiger partial charge in [-0.05, 0) is 13.8 Å². The molecule has 2 atom stereocenters. The molecule has 0 radical (unpaired) electrons. The van der Waals surface area contributed by atoms with Crippen LogP contribution >= 0.6 is 0 Å². The van der Waals surface area contributed by atoms with E-state index < -0.39 is 0 Å². The summed E-state index contributed by atoms with van der Waals surface area (Å²) in [6.07, 6.45) is 0.802. The summed E-state index contributed by atoms with van der Waals surface area (Å²) in [5.41, 5.74) is 0. The lowest BCUT2D eigenvalue weighted by Gasteiger charge is -2.38. The molecule has 19 heavy (non-hydrogen) atoms. The molecule has 1 N–H and O–H groups in total. The molecule has 2 rings (SSSR count). The lowest BCUT2D eigenvalue weighted by molar-refractivity contribution is -0.140. The molecule has 2 unspecified atom stereocenters. The van der Waals surface area contributed by atoms with Gasteiger partial charge < -0.3 is 10.2 Å². The average Bonchev–Trinajstić information content (AvgIpc) is 2.70. The number of nitrogens with zero attached hydrogens (tertiary/aromatic N) is 2. The monoisotopic (exact) mass is 267 g/mol. The second-order valence-corrected chi connectivity index (χ2v) is 5.26. The van der Waals surface area contributed by atoms with Crippen LogP contribution in [0, 0.1) is 0 Å². The van der Waals surface area contributed by atoms with Gasteiger partial charge >= 0.3 is 0 Å². The van der Waals surface area contributed by atoms with Crippen molar-refractivity contribution in [3.05, 3.63) is 0 Å². The summed E-state index contributed by atoms with van der Waals surface area (Å²) in [6, 6.07) is 0.416. The van der Waals surface area contributed by atoms with Crippen LogP contribution in [-0.2, 0) is 14.4 Å². The number of hydrogen-bond acceptors (Lipinski definition) is 4. The van der Waals surface area contributed by atoms with Crippen LogP contribution in [0.2, 0.25) is 0 Å². The highest BCUT2D eigenvalue weighted by Gasteiger charge is 2.31. The molecule has 2 aliphatic rings. The van der Waals surface area contributed by atoms with Crippen molar-refractivity contribution in [2.75, 3.05) is 19.6 Å². The molecule has 2 fully saturated rings. The fraction of sp³-hybridized carbons (Fsp3) is 0.769. The Kier molecular flexibility index (Phi) is 4.19. The van der Waals surface area contributed by atoms with E-state index in [-0.39, 0.29) is 55.6 Å². The van der Waals surface area contributed by atoms with Crippen molar-refractivity contribution in [1.82, 2.24) is 15.1 Å². The number of hydrogen-bond donors (Lipinski definition) is 1. The van der Waals surface area contributed by atoms with Crippen LogP contribution in [0.15, 0.2) is 0 Å². The number of likely N-dealkylation sites (tertiary alicyclic amines) is 1. The Morgan fingerprint density at radius 1 is 1.26 bits per heavy atom. The maximum absolute atomic E-state index is 12.2. The van der Waals surface area contributed by atoms with Gasteiger partial charge in [0, 0.05) is 51.0 Å². The fourth-order valence-corrected chi connectivity index (χ4v) is 2.63. The Balaban J connectivity index is 1.87. The third kappa shape index (κ3) is 2.94. The molecule has 6 heteroatoms. The van der Waals surface area contributed by atoms with Gasteiger partial charge in [-0.25, -0.2) is 0 Å². The normalized spacial score (nSPS) is 28.1. The minimum atomic E-state index is -0.153. The number of carbonyl (C=O) groups excluding carboxylic acids is 3. The predicted octanol–water partition coefficient (Wildman–Crippen LogP) is -0.266. The van der Waals surface area contributed by atoms with Crippen molar-refractivity contribution in [3.8, 4) is 0 Å². The molecule has 0 aliphatic carbocycles. The molecule has 3 amide bonds. The van der Waals surface area contributed by atoms with E-state index in [1.807, 2.05) is 11.8 Å². The van der Waals surface area contributed by atoms with Crippen molar-refractivity contribution >= 4 is 17.7 Å². The minimum absolute atomic E-state index is 0.0216. The molecular formula is C13H21N3O3. The van der Waals surface area contributed by atoms with E-state index in [1.165, 1.54) is 4.90 Å². The van der Waals surface area contributed by atoms with Crippen LogP contribution in [0.4, 0.5) is 0 Å². The first-order chi connectivity index (χ1) is 9.00. The largest absolute Gasteiger partial charge is 0.337 e. The van der Waals surface area contributed by atoms with Crippen LogP contribution in [-0.4, -0.2) is 59.2 Å². The highest BCUT2D eigenvalue weighted by atomic mass is 16.2. The van der Waals surface area contributed by atoms with Gasteiger partial charge in [0.15, 0.2) is 0 Å². The maximum Gasteiger partial charge on any atom is 0.229 e. The van der Waals surface area contributed by atoms with E-state index in [1.54, 1.807) is 0 Å². The van der Waals surface area contributed by atoms with Gasteiger partial charge in [0.25, 0.3) is 0 Å². The predicted molar refractivity (Wildman–Crippen MR) is 69.2 cm³/mol. The number of amides is 3. The van der Waals surface area contributed by atoms with E-state index >= 15 is 0 Å². The highest BCUT2D eigenvalue weighted by molar-refractivity contribution is 6.02. The number of carbonyl (C=O) groups is 3. The van der Waals surface area contributed by atoms with Crippen molar-refractivity contribution in [3.63, 3.8) is 0 Å². The van der Waals surface area contributed by atoms with Gasteiger partial charge in [0.2, 0.25) is 17.7 Å². The molecule has 2 aliphatic heterocycles. The molecule has 6 nitrogen and oxygen atoms in total. The molecule has 2 saturated heterocycles. The molecule has 0 saturated carbocycles. The summed E-state index contributed by atoms with van der Waals surface area (Å²) in [7, 11) is 0. The molecule has 0 aromatic carbocycles. The third-order valence-electron chi connectivity index (χ3n) is 4.06. The Labute approximate surface area is 113 Å². The number of rotatable bonds is 3. The first-order valence-corrected chi connectivity index (χ1v) is 6.86. The summed E-state index contributed by atoms with van der Waals surface area (Å²) >= 11 is 0. The van der Waals surface area contributed by atoms with Crippen LogP contribution in [0.3, 0.4) is 0 Å². The molecule has 106 valence electrons. The van der Waals surface area contributed by atoms with E-state index in [2.05, 4.69) is 12.2 Å². The average molecular weight is 267 g/mol. The van der Waals surface area contributed by atoms with E-state index in [4.69, 9.17) is 0 Å². The SMILES string of the molecule is CC1NCCN(C(=O)CCN2C(=O)CCC2=O)C1C. The lowest BCUT2D eigenvalue weighted by atomic mass is 10.1. The summed E-state index contributed by atoms with van der Waals surface area (Å²) in [5.74, 6) is -0.285. The van der Waals surface area contributed by atoms with Gasteiger partial charge in [-0.2, -0.15) is 0 Å². The zero-order valence-electron chi connectivity index (χ0n) is 11.5. The fourth-order valence-electron chi connectivity index (χ4n) is 2.63. The lowest BCUT2D eigenvalue weighted by Crippen LogP contribution is -2.57. The summed E-state index contributed by atoms with van der Waals surface area (Å²) < 4.78 is 0. The maximum atomic E-state index is 12.2.